The quantitative estimate of drug-likeness (QED) is 0.790. The Morgan fingerprint density at radius 2 is 1.71 bits per heavy atom. The molecule has 0 bridgehead atoms. The standard InChI is InChI=1S/C13H27NO2S/c1-10(2)11(3)17(15,16)13-8-6-4-5-7-12(13)9-14/h10-13H,4-9,14H2,1-3H3. The molecule has 0 spiro atoms. The second-order valence-corrected chi connectivity index (χ2v) is 8.24. The van der Waals surface area contributed by atoms with Gasteiger partial charge in [-0.3, -0.25) is 0 Å². The van der Waals surface area contributed by atoms with Crippen molar-refractivity contribution in [2.24, 2.45) is 17.6 Å². The van der Waals surface area contributed by atoms with Gasteiger partial charge in [0, 0.05) is 0 Å². The van der Waals surface area contributed by atoms with Crippen LogP contribution >= 0.6 is 0 Å². The topological polar surface area (TPSA) is 60.2 Å². The zero-order valence-corrected chi connectivity index (χ0v) is 12.2. The normalized spacial score (nSPS) is 29.0. The van der Waals surface area contributed by atoms with E-state index in [-0.39, 0.29) is 22.3 Å². The molecule has 0 aromatic carbocycles. The summed E-state index contributed by atoms with van der Waals surface area (Å²) in [6.45, 7) is 6.32. The Hall–Kier alpha value is -0.0900. The SMILES string of the molecule is CC(C)C(C)S(=O)(=O)C1CCCCCC1CN. The molecule has 0 aromatic rings. The van der Waals surface area contributed by atoms with Crippen molar-refractivity contribution in [1.29, 1.82) is 0 Å². The van der Waals surface area contributed by atoms with Crippen molar-refractivity contribution in [2.75, 3.05) is 6.54 Å². The van der Waals surface area contributed by atoms with E-state index in [4.69, 9.17) is 5.73 Å². The Bertz CT molecular complexity index is 324. The summed E-state index contributed by atoms with van der Waals surface area (Å²) in [5, 5.41) is -0.452. The summed E-state index contributed by atoms with van der Waals surface area (Å²) in [7, 11) is -3.03. The number of hydrogen-bond acceptors (Lipinski definition) is 3. The lowest BCUT2D eigenvalue weighted by molar-refractivity contribution is 0.445. The smallest absolute Gasteiger partial charge is 0.156 e. The van der Waals surface area contributed by atoms with Crippen molar-refractivity contribution < 1.29 is 8.42 Å². The first-order valence-corrected chi connectivity index (χ1v) is 8.45. The summed E-state index contributed by atoms with van der Waals surface area (Å²) in [5.74, 6) is 0.352. The van der Waals surface area contributed by atoms with E-state index in [1.807, 2.05) is 20.8 Å². The first-order valence-electron chi connectivity index (χ1n) is 6.84. The van der Waals surface area contributed by atoms with Crippen molar-refractivity contribution >= 4 is 9.84 Å². The first kappa shape index (κ1) is 15.0. The van der Waals surface area contributed by atoms with Crippen LogP contribution in [0.15, 0.2) is 0 Å². The minimum absolute atomic E-state index is 0.170. The van der Waals surface area contributed by atoms with Gasteiger partial charge < -0.3 is 5.73 Å². The van der Waals surface area contributed by atoms with Crippen LogP contribution in [0.5, 0.6) is 0 Å². The summed E-state index contributed by atoms with van der Waals surface area (Å²) in [5.41, 5.74) is 5.77. The number of rotatable bonds is 4. The zero-order valence-electron chi connectivity index (χ0n) is 11.4. The van der Waals surface area contributed by atoms with E-state index in [2.05, 4.69) is 0 Å². The van der Waals surface area contributed by atoms with Crippen molar-refractivity contribution in [1.82, 2.24) is 0 Å². The van der Waals surface area contributed by atoms with E-state index >= 15 is 0 Å². The van der Waals surface area contributed by atoms with Crippen LogP contribution in [-0.4, -0.2) is 25.5 Å². The minimum Gasteiger partial charge on any atom is -0.330 e. The molecular formula is C13H27NO2S. The summed E-state index contributed by atoms with van der Waals surface area (Å²) in [6.07, 6.45) is 5.10. The van der Waals surface area contributed by atoms with Crippen molar-refractivity contribution in [2.45, 2.75) is 63.4 Å². The third-order valence-corrected chi connectivity index (χ3v) is 7.32. The molecule has 0 aliphatic heterocycles. The average Bonchev–Trinajstić information content (AvgIpc) is 2.52. The molecule has 1 rings (SSSR count). The monoisotopic (exact) mass is 261 g/mol. The minimum atomic E-state index is -3.03. The van der Waals surface area contributed by atoms with Gasteiger partial charge in [0.1, 0.15) is 0 Å². The lowest BCUT2D eigenvalue weighted by Gasteiger charge is -2.28. The van der Waals surface area contributed by atoms with Crippen LogP contribution < -0.4 is 5.73 Å². The zero-order chi connectivity index (χ0) is 13.1. The second kappa shape index (κ2) is 6.19. The molecule has 1 fully saturated rings. The van der Waals surface area contributed by atoms with Gasteiger partial charge in [-0.2, -0.15) is 0 Å². The average molecular weight is 261 g/mol. The Morgan fingerprint density at radius 3 is 2.24 bits per heavy atom. The lowest BCUT2D eigenvalue weighted by atomic mass is 10.0. The van der Waals surface area contributed by atoms with E-state index in [9.17, 15) is 8.42 Å². The molecule has 0 heterocycles. The van der Waals surface area contributed by atoms with Gasteiger partial charge >= 0.3 is 0 Å². The van der Waals surface area contributed by atoms with E-state index < -0.39 is 9.84 Å². The molecule has 1 aliphatic carbocycles. The fourth-order valence-corrected chi connectivity index (χ4v) is 5.30. The Labute approximate surface area is 106 Å². The van der Waals surface area contributed by atoms with Crippen LogP contribution in [0, 0.1) is 11.8 Å². The molecule has 0 amide bonds. The largest absolute Gasteiger partial charge is 0.330 e. The molecule has 102 valence electrons. The summed E-state index contributed by atoms with van der Waals surface area (Å²) in [4.78, 5) is 0. The van der Waals surface area contributed by atoms with Crippen molar-refractivity contribution in [3.8, 4) is 0 Å². The van der Waals surface area contributed by atoms with Crippen LogP contribution in [0.2, 0.25) is 0 Å². The summed E-state index contributed by atoms with van der Waals surface area (Å²) >= 11 is 0. The second-order valence-electron chi connectivity index (χ2n) is 5.71. The van der Waals surface area contributed by atoms with E-state index in [1.165, 1.54) is 0 Å². The maximum Gasteiger partial charge on any atom is 0.156 e. The fourth-order valence-electron chi connectivity index (χ4n) is 2.71. The number of nitrogens with two attached hydrogens (primary N) is 1. The predicted octanol–water partition coefficient (Wildman–Crippen LogP) is 2.35. The molecule has 0 saturated heterocycles. The Morgan fingerprint density at radius 1 is 1.12 bits per heavy atom. The van der Waals surface area contributed by atoms with Crippen LogP contribution in [0.3, 0.4) is 0 Å². The highest BCUT2D eigenvalue weighted by atomic mass is 32.2. The maximum atomic E-state index is 12.6. The molecular weight excluding hydrogens is 234 g/mol. The third-order valence-electron chi connectivity index (χ3n) is 4.27. The molecule has 0 aromatic heterocycles. The van der Waals surface area contributed by atoms with Gasteiger partial charge in [-0.25, -0.2) is 8.42 Å². The van der Waals surface area contributed by atoms with Gasteiger partial charge in [0.2, 0.25) is 0 Å². The van der Waals surface area contributed by atoms with Crippen molar-refractivity contribution in [3.63, 3.8) is 0 Å². The summed E-state index contributed by atoms with van der Waals surface area (Å²) in [6, 6.07) is 0. The van der Waals surface area contributed by atoms with E-state index in [0.717, 1.165) is 32.1 Å². The molecule has 17 heavy (non-hydrogen) atoms. The lowest BCUT2D eigenvalue weighted by Crippen LogP contribution is -2.40. The third kappa shape index (κ3) is 3.44. The molecule has 4 heteroatoms. The van der Waals surface area contributed by atoms with Gasteiger partial charge in [-0.15, -0.1) is 0 Å². The first-order chi connectivity index (χ1) is 7.91. The van der Waals surface area contributed by atoms with Crippen LogP contribution in [0.1, 0.15) is 52.9 Å². The van der Waals surface area contributed by atoms with Gasteiger partial charge in [0.15, 0.2) is 9.84 Å². The van der Waals surface area contributed by atoms with Crippen LogP contribution in [0.25, 0.3) is 0 Å². The summed E-state index contributed by atoms with van der Waals surface area (Å²) < 4.78 is 25.2. The van der Waals surface area contributed by atoms with Crippen molar-refractivity contribution in [3.05, 3.63) is 0 Å². The van der Waals surface area contributed by atoms with Gasteiger partial charge in [-0.1, -0.05) is 33.1 Å². The van der Waals surface area contributed by atoms with Crippen LogP contribution in [0.4, 0.5) is 0 Å². The molecule has 3 unspecified atom stereocenters. The van der Waals surface area contributed by atoms with Gasteiger partial charge in [-0.05, 0) is 38.1 Å². The molecule has 0 radical (unpaired) electrons. The van der Waals surface area contributed by atoms with Gasteiger partial charge in [0.25, 0.3) is 0 Å². The highest BCUT2D eigenvalue weighted by molar-refractivity contribution is 7.92. The maximum absolute atomic E-state index is 12.6. The predicted molar refractivity (Wildman–Crippen MR) is 72.6 cm³/mol. The van der Waals surface area contributed by atoms with Gasteiger partial charge in [0.05, 0.1) is 10.5 Å². The molecule has 1 aliphatic rings. The van der Waals surface area contributed by atoms with E-state index in [0.29, 0.717) is 6.54 Å². The Balaban J connectivity index is 2.93. The number of sulfone groups is 1. The number of hydrogen-bond donors (Lipinski definition) is 1. The Kier molecular flexibility index (Phi) is 5.45. The highest BCUT2D eigenvalue weighted by Crippen LogP contribution is 2.31. The highest BCUT2D eigenvalue weighted by Gasteiger charge is 2.37. The molecule has 3 atom stereocenters. The molecule has 2 N–H and O–H groups in total. The fraction of sp³-hybridized carbons (Fsp3) is 1.00. The van der Waals surface area contributed by atoms with E-state index in [1.54, 1.807) is 0 Å². The molecule has 3 nitrogen and oxygen atoms in total. The van der Waals surface area contributed by atoms with Crippen LogP contribution in [-0.2, 0) is 9.84 Å². The molecule has 1 saturated carbocycles.